The van der Waals surface area contributed by atoms with Gasteiger partial charge in [0.15, 0.2) is 0 Å². The number of nitrogens with zero attached hydrogens (tertiary/aromatic N) is 2. The van der Waals surface area contributed by atoms with Gasteiger partial charge in [0.2, 0.25) is 0 Å². The van der Waals surface area contributed by atoms with E-state index in [1.807, 2.05) is 65.2 Å². The normalized spacial score (nSPS) is 13.2. The van der Waals surface area contributed by atoms with Gasteiger partial charge in [0.1, 0.15) is 5.76 Å². The Morgan fingerprint density at radius 2 is 1.96 bits per heavy atom. The van der Waals surface area contributed by atoms with Crippen LogP contribution >= 0.6 is 11.6 Å². The van der Waals surface area contributed by atoms with Crippen LogP contribution in [0.5, 0.6) is 0 Å². The van der Waals surface area contributed by atoms with E-state index in [1.165, 1.54) is 5.57 Å². The zero-order valence-electron chi connectivity index (χ0n) is 17.6. The lowest BCUT2D eigenvalue weighted by Crippen LogP contribution is -1.92. The van der Waals surface area contributed by atoms with Gasteiger partial charge in [-0.1, -0.05) is 55.3 Å². The Labute approximate surface area is 174 Å². The van der Waals surface area contributed by atoms with E-state index in [0.29, 0.717) is 17.9 Å². The van der Waals surface area contributed by atoms with Crippen LogP contribution in [0.2, 0.25) is 0 Å². The van der Waals surface area contributed by atoms with Crippen molar-refractivity contribution in [2.24, 2.45) is 7.05 Å². The maximum absolute atomic E-state index is 9.82. The van der Waals surface area contributed by atoms with E-state index in [2.05, 4.69) is 11.0 Å². The van der Waals surface area contributed by atoms with Crippen molar-refractivity contribution in [2.45, 2.75) is 40.5 Å². The van der Waals surface area contributed by atoms with Gasteiger partial charge in [0.25, 0.3) is 0 Å². The number of hydrogen-bond donors (Lipinski definition) is 2. The SMILES string of the molecule is C#CC/C(=C\C=C(C)C)c1cn(C)nc1C1=CC(Cl)=C(O)CC=C1.CC.CO. The Kier molecular flexibility index (Phi) is 12.4. The average Bonchev–Trinajstić information content (AvgIpc) is 2.99. The molecular weight excluding hydrogens is 372 g/mol. The minimum absolute atomic E-state index is 0.157. The maximum Gasteiger partial charge on any atom is 0.115 e. The summed E-state index contributed by atoms with van der Waals surface area (Å²) in [5.41, 5.74) is 4.82. The number of aliphatic hydroxyl groups is 2. The first-order valence-electron chi connectivity index (χ1n) is 9.15. The van der Waals surface area contributed by atoms with Crippen LogP contribution in [-0.4, -0.2) is 27.1 Å². The molecule has 0 spiro atoms. The lowest BCUT2D eigenvalue weighted by atomic mass is 9.98. The molecule has 0 bridgehead atoms. The molecule has 1 heterocycles. The quantitative estimate of drug-likeness (QED) is 0.495. The molecule has 0 atom stereocenters. The number of rotatable bonds is 4. The second kappa shape index (κ2) is 13.7. The fraction of sp³-hybridized carbons (Fsp3) is 0.348. The molecule has 0 fully saturated rings. The molecule has 1 aromatic heterocycles. The highest BCUT2D eigenvalue weighted by Gasteiger charge is 2.16. The zero-order valence-corrected chi connectivity index (χ0v) is 18.4. The summed E-state index contributed by atoms with van der Waals surface area (Å²) in [6.45, 7) is 8.08. The number of hydrogen-bond acceptors (Lipinski definition) is 3. The first kappa shape index (κ1) is 25.5. The molecule has 0 saturated heterocycles. The van der Waals surface area contributed by atoms with Crippen LogP contribution in [0, 0.1) is 12.3 Å². The fourth-order valence-corrected chi connectivity index (χ4v) is 2.56. The van der Waals surface area contributed by atoms with Crippen molar-refractivity contribution >= 4 is 22.7 Å². The van der Waals surface area contributed by atoms with E-state index >= 15 is 0 Å². The van der Waals surface area contributed by atoms with Crippen molar-refractivity contribution in [3.8, 4) is 12.3 Å². The van der Waals surface area contributed by atoms with Crippen LogP contribution in [0.4, 0.5) is 0 Å². The third kappa shape index (κ3) is 7.64. The first-order chi connectivity index (χ1) is 13.4. The third-order valence-corrected chi connectivity index (χ3v) is 3.85. The summed E-state index contributed by atoms with van der Waals surface area (Å²) in [5, 5.41) is 21.7. The minimum atomic E-state index is 0.157. The van der Waals surface area contributed by atoms with Gasteiger partial charge < -0.3 is 10.2 Å². The van der Waals surface area contributed by atoms with Crippen LogP contribution < -0.4 is 0 Å². The van der Waals surface area contributed by atoms with Crippen molar-refractivity contribution in [3.63, 3.8) is 0 Å². The van der Waals surface area contributed by atoms with E-state index in [9.17, 15) is 5.11 Å². The van der Waals surface area contributed by atoms with Crippen LogP contribution in [0.15, 0.2) is 52.9 Å². The number of terminal acetylenes is 1. The molecular formula is C23H31ClN2O2. The number of halogens is 1. The molecule has 5 heteroatoms. The molecule has 0 radical (unpaired) electrons. The van der Waals surface area contributed by atoms with Gasteiger partial charge in [-0.3, -0.25) is 4.68 Å². The van der Waals surface area contributed by atoms with Gasteiger partial charge in [-0.15, -0.1) is 12.3 Å². The summed E-state index contributed by atoms with van der Waals surface area (Å²) in [5.74, 6) is 2.87. The summed E-state index contributed by atoms with van der Waals surface area (Å²) in [7, 11) is 2.87. The molecule has 0 unspecified atom stereocenters. The summed E-state index contributed by atoms with van der Waals surface area (Å²) in [6, 6.07) is 0. The molecule has 2 rings (SSSR count). The number of aromatic nitrogens is 2. The van der Waals surface area contributed by atoms with Gasteiger partial charge in [0, 0.05) is 44.3 Å². The average molecular weight is 403 g/mol. The molecule has 1 aliphatic carbocycles. The van der Waals surface area contributed by atoms with Crippen LogP contribution in [0.25, 0.3) is 11.1 Å². The Morgan fingerprint density at radius 1 is 1.32 bits per heavy atom. The molecule has 0 saturated carbocycles. The van der Waals surface area contributed by atoms with Crippen LogP contribution in [-0.2, 0) is 7.05 Å². The molecule has 0 amide bonds. The van der Waals surface area contributed by atoms with Gasteiger partial charge >= 0.3 is 0 Å². The lowest BCUT2D eigenvalue weighted by molar-refractivity contribution is 0.399. The second-order valence-electron chi connectivity index (χ2n) is 5.88. The second-order valence-corrected chi connectivity index (χ2v) is 6.29. The zero-order chi connectivity index (χ0) is 21.7. The Bertz CT molecular complexity index is 827. The Morgan fingerprint density at radius 3 is 2.54 bits per heavy atom. The largest absolute Gasteiger partial charge is 0.510 e. The van der Waals surface area contributed by atoms with Crippen LogP contribution in [0.3, 0.4) is 0 Å². The van der Waals surface area contributed by atoms with E-state index < -0.39 is 0 Å². The topological polar surface area (TPSA) is 58.3 Å². The van der Waals surface area contributed by atoms with E-state index in [-0.39, 0.29) is 5.76 Å². The summed E-state index contributed by atoms with van der Waals surface area (Å²) in [6.07, 6.45) is 18.0. The molecule has 4 nitrogen and oxygen atoms in total. The highest BCUT2D eigenvalue weighted by Crippen LogP contribution is 2.31. The highest BCUT2D eigenvalue weighted by atomic mass is 35.5. The van der Waals surface area contributed by atoms with Crippen molar-refractivity contribution in [2.75, 3.05) is 7.11 Å². The maximum atomic E-state index is 9.82. The number of aryl methyl sites for hydroxylation is 1. The fourth-order valence-electron chi connectivity index (χ4n) is 2.37. The molecule has 1 aromatic rings. The lowest BCUT2D eigenvalue weighted by Gasteiger charge is -2.05. The summed E-state index contributed by atoms with van der Waals surface area (Å²) < 4.78 is 1.76. The molecule has 1 aliphatic rings. The smallest absolute Gasteiger partial charge is 0.115 e. The number of allylic oxidation sites excluding steroid dienone is 9. The van der Waals surface area contributed by atoms with Crippen LogP contribution in [0.1, 0.15) is 51.8 Å². The van der Waals surface area contributed by atoms with Crippen molar-refractivity contribution in [1.82, 2.24) is 9.78 Å². The van der Waals surface area contributed by atoms with Gasteiger partial charge in [0.05, 0.1) is 10.7 Å². The Balaban J connectivity index is 0.00000171. The third-order valence-electron chi connectivity index (χ3n) is 3.53. The van der Waals surface area contributed by atoms with Crippen molar-refractivity contribution < 1.29 is 10.2 Å². The van der Waals surface area contributed by atoms with Gasteiger partial charge in [-0.05, 0) is 25.5 Å². The standard InChI is InChI=1S/C20H21ClN2O.C2H6.CH4O/c1-5-7-15(11-10-14(2)3)17-13-23(4)22-20(17)16-8-6-9-19(24)18(21)12-16;2*1-2/h1,6,8,10-13,24H,7,9H2,2-4H3;1-2H3;2H,1H3/b15-11+;;. The van der Waals surface area contributed by atoms with Crippen molar-refractivity contribution in [1.29, 1.82) is 0 Å². The monoisotopic (exact) mass is 402 g/mol. The highest BCUT2D eigenvalue weighted by molar-refractivity contribution is 6.32. The summed E-state index contributed by atoms with van der Waals surface area (Å²) in [4.78, 5) is 0. The molecule has 28 heavy (non-hydrogen) atoms. The van der Waals surface area contributed by atoms with E-state index in [1.54, 1.807) is 10.8 Å². The number of aliphatic hydroxyl groups excluding tert-OH is 2. The minimum Gasteiger partial charge on any atom is -0.510 e. The molecule has 0 aromatic carbocycles. The van der Waals surface area contributed by atoms with E-state index in [0.717, 1.165) is 29.5 Å². The van der Waals surface area contributed by atoms with Crippen molar-refractivity contribution in [3.05, 3.63) is 64.2 Å². The predicted molar refractivity (Wildman–Crippen MR) is 121 cm³/mol. The molecule has 2 N–H and O–H groups in total. The molecule has 152 valence electrons. The van der Waals surface area contributed by atoms with Gasteiger partial charge in [-0.25, -0.2) is 0 Å². The summed E-state index contributed by atoms with van der Waals surface area (Å²) >= 11 is 6.14. The van der Waals surface area contributed by atoms with E-state index in [4.69, 9.17) is 23.1 Å². The first-order valence-corrected chi connectivity index (χ1v) is 9.52. The predicted octanol–water partition coefficient (Wildman–Crippen LogP) is 5.78. The Hall–Kier alpha value is -2.48. The van der Waals surface area contributed by atoms with Gasteiger partial charge in [-0.2, -0.15) is 5.10 Å². The molecule has 0 aliphatic heterocycles.